The minimum Gasteiger partial charge on any atom is -0.497 e. The van der Waals surface area contributed by atoms with Crippen LogP contribution in [-0.2, 0) is 4.79 Å². The largest absolute Gasteiger partial charge is 0.497 e. The number of fused-ring (bicyclic) bond motifs is 1. The van der Waals surface area contributed by atoms with Crippen molar-refractivity contribution >= 4 is 5.91 Å². The highest BCUT2D eigenvalue weighted by molar-refractivity contribution is 5.75. The van der Waals surface area contributed by atoms with Crippen molar-refractivity contribution in [2.75, 3.05) is 20.3 Å². The summed E-state index contributed by atoms with van der Waals surface area (Å²) in [5, 5.41) is 2.94. The predicted octanol–water partition coefficient (Wildman–Crippen LogP) is 2.48. The summed E-state index contributed by atoms with van der Waals surface area (Å²) in [5.41, 5.74) is 1.18. The maximum Gasteiger partial charge on any atom is 0.219 e. The summed E-state index contributed by atoms with van der Waals surface area (Å²) in [6.45, 7) is 3.39. The van der Waals surface area contributed by atoms with Crippen LogP contribution in [0.25, 0.3) is 0 Å². The van der Waals surface area contributed by atoms with Crippen molar-refractivity contribution in [2.45, 2.75) is 32.1 Å². The molecule has 1 aliphatic rings. The van der Waals surface area contributed by atoms with Crippen LogP contribution in [0.3, 0.4) is 0 Å². The van der Waals surface area contributed by atoms with Crippen molar-refractivity contribution in [3.8, 4) is 11.5 Å². The lowest BCUT2D eigenvalue weighted by atomic mass is 9.97. The molecule has 1 atom stereocenters. The number of hydrogen-bond donors (Lipinski definition) is 1. The zero-order chi connectivity index (χ0) is 13.7. The summed E-state index contributed by atoms with van der Waals surface area (Å²) in [4.78, 5) is 11.4. The number of rotatable bonds is 6. The van der Waals surface area contributed by atoms with Gasteiger partial charge >= 0.3 is 0 Å². The molecule has 0 aliphatic carbocycles. The van der Waals surface area contributed by atoms with Crippen LogP contribution in [0.2, 0.25) is 0 Å². The van der Waals surface area contributed by atoms with E-state index in [2.05, 4.69) is 5.32 Å². The van der Waals surface area contributed by atoms with E-state index in [9.17, 15) is 4.79 Å². The van der Waals surface area contributed by atoms with Gasteiger partial charge in [0.15, 0.2) is 0 Å². The normalized spacial score (nSPS) is 16.6. The van der Waals surface area contributed by atoms with Gasteiger partial charge in [-0.1, -0.05) is 6.92 Å². The van der Waals surface area contributed by atoms with Gasteiger partial charge in [-0.05, 0) is 31.0 Å². The van der Waals surface area contributed by atoms with Gasteiger partial charge < -0.3 is 14.8 Å². The average molecular weight is 263 g/mol. The van der Waals surface area contributed by atoms with Gasteiger partial charge in [0.1, 0.15) is 11.5 Å². The van der Waals surface area contributed by atoms with Crippen molar-refractivity contribution in [3.63, 3.8) is 0 Å². The molecule has 1 N–H and O–H groups in total. The first kappa shape index (κ1) is 13.7. The summed E-state index contributed by atoms with van der Waals surface area (Å²) in [5.74, 6) is 2.26. The Morgan fingerprint density at radius 2 is 2.37 bits per heavy atom. The lowest BCUT2D eigenvalue weighted by molar-refractivity contribution is -0.121. The number of hydrogen-bond acceptors (Lipinski definition) is 3. The van der Waals surface area contributed by atoms with Gasteiger partial charge in [0, 0.05) is 24.4 Å². The SMILES string of the molecule is CCCC(=O)NCCC1COc2ccc(OC)cc21. The van der Waals surface area contributed by atoms with Crippen LogP contribution in [0, 0.1) is 0 Å². The van der Waals surface area contributed by atoms with Crippen molar-refractivity contribution in [1.29, 1.82) is 0 Å². The number of benzene rings is 1. The molecule has 0 spiro atoms. The van der Waals surface area contributed by atoms with Crippen LogP contribution in [0.15, 0.2) is 18.2 Å². The summed E-state index contributed by atoms with van der Waals surface area (Å²) in [7, 11) is 1.66. The van der Waals surface area contributed by atoms with E-state index in [1.54, 1.807) is 7.11 Å². The van der Waals surface area contributed by atoms with Gasteiger partial charge in [-0.2, -0.15) is 0 Å². The molecular weight excluding hydrogens is 242 g/mol. The van der Waals surface area contributed by atoms with E-state index in [1.807, 2.05) is 25.1 Å². The standard InChI is InChI=1S/C15H21NO3/c1-3-4-15(17)16-8-7-11-10-19-14-6-5-12(18-2)9-13(11)14/h5-6,9,11H,3-4,7-8,10H2,1-2H3,(H,16,17). The second-order valence-electron chi connectivity index (χ2n) is 4.80. The Hall–Kier alpha value is -1.71. The highest BCUT2D eigenvalue weighted by atomic mass is 16.5. The fourth-order valence-electron chi connectivity index (χ4n) is 2.32. The van der Waals surface area contributed by atoms with E-state index in [1.165, 1.54) is 5.56 Å². The summed E-state index contributed by atoms with van der Waals surface area (Å²) < 4.78 is 10.9. The molecule has 4 nitrogen and oxygen atoms in total. The molecule has 4 heteroatoms. The molecule has 0 fully saturated rings. The molecule has 104 valence electrons. The van der Waals surface area contributed by atoms with Crippen LogP contribution in [-0.4, -0.2) is 26.2 Å². The van der Waals surface area contributed by atoms with Crippen LogP contribution in [0.4, 0.5) is 0 Å². The quantitative estimate of drug-likeness (QED) is 0.857. The number of amides is 1. The Morgan fingerprint density at radius 3 is 3.11 bits per heavy atom. The molecule has 0 aromatic heterocycles. The smallest absolute Gasteiger partial charge is 0.219 e. The zero-order valence-electron chi connectivity index (χ0n) is 11.6. The summed E-state index contributed by atoms with van der Waals surface area (Å²) >= 11 is 0. The molecule has 1 aromatic carbocycles. The third-order valence-electron chi connectivity index (χ3n) is 3.39. The number of ether oxygens (including phenoxy) is 2. The molecule has 1 aromatic rings. The average Bonchev–Trinajstić information content (AvgIpc) is 2.81. The van der Waals surface area contributed by atoms with Gasteiger partial charge in [0.05, 0.1) is 13.7 Å². The zero-order valence-corrected chi connectivity index (χ0v) is 11.6. The van der Waals surface area contributed by atoms with Gasteiger partial charge in [-0.3, -0.25) is 4.79 Å². The van der Waals surface area contributed by atoms with E-state index >= 15 is 0 Å². The minimum atomic E-state index is 0.132. The summed E-state index contributed by atoms with van der Waals surface area (Å²) in [6, 6.07) is 5.88. The van der Waals surface area contributed by atoms with Crippen molar-refractivity contribution < 1.29 is 14.3 Å². The Labute approximate surface area is 114 Å². The Morgan fingerprint density at radius 1 is 1.53 bits per heavy atom. The minimum absolute atomic E-state index is 0.132. The molecule has 2 rings (SSSR count). The maximum atomic E-state index is 11.4. The van der Waals surface area contributed by atoms with E-state index in [4.69, 9.17) is 9.47 Å². The molecule has 1 amide bonds. The fraction of sp³-hybridized carbons (Fsp3) is 0.533. The molecule has 19 heavy (non-hydrogen) atoms. The van der Waals surface area contributed by atoms with Crippen LogP contribution in [0.5, 0.6) is 11.5 Å². The number of carbonyl (C=O) groups is 1. The van der Waals surface area contributed by atoms with Crippen molar-refractivity contribution in [1.82, 2.24) is 5.32 Å². The lowest BCUT2D eigenvalue weighted by Gasteiger charge is -2.10. The lowest BCUT2D eigenvalue weighted by Crippen LogP contribution is -2.25. The summed E-state index contributed by atoms with van der Waals surface area (Å²) in [6.07, 6.45) is 2.39. The van der Waals surface area contributed by atoms with Gasteiger partial charge in [-0.25, -0.2) is 0 Å². The predicted molar refractivity (Wildman–Crippen MR) is 73.8 cm³/mol. The first-order valence-electron chi connectivity index (χ1n) is 6.82. The molecule has 0 saturated carbocycles. The molecule has 1 unspecified atom stereocenters. The molecule has 0 saturated heterocycles. The topological polar surface area (TPSA) is 47.6 Å². The fourth-order valence-corrected chi connectivity index (χ4v) is 2.32. The third-order valence-corrected chi connectivity index (χ3v) is 3.39. The van der Waals surface area contributed by atoms with E-state index < -0.39 is 0 Å². The second kappa shape index (κ2) is 6.45. The number of carbonyl (C=O) groups excluding carboxylic acids is 1. The number of methoxy groups -OCH3 is 1. The van der Waals surface area contributed by atoms with Crippen LogP contribution < -0.4 is 14.8 Å². The number of nitrogens with one attached hydrogen (secondary N) is 1. The highest BCUT2D eigenvalue weighted by Gasteiger charge is 2.24. The molecular formula is C15H21NO3. The van der Waals surface area contributed by atoms with Crippen LogP contribution >= 0.6 is 0 Å². The molecule has 0 radical (unpaired) electrons. The van der Waals surface area contributed by atoms with E-state index in [0.717, 1.165) is 24.3 Å². The van der Waals surface area contributed by atoms with E-state index in [-0.39, 0.29) is 5.91 Å². The van der Waals surface area contributed by atoms with Crippen molar-refractivity contribution in [3.05, 3.63) is 23.8 Å². The third kappa shape index (κ3) is 3.40. The molecule has 0 bridgehead atoms. The maximum absolute atomic E-state index is 11.4. The van der Waals surface area contributed by atoms with Gasteiger partial charge in [0.25, 0.3) is 0 Å². The monoisotopic (exact) mass is 263 g/mol. The Balaban J connectivity index is 1.89. The first-order chi connectivity index (χ1) is 9.24. The Kier molecular flexibility index (Phi) is 4.66. The van der Waals surface area contributed by atoms with Crippen molar-refractivity contribution in [2.24, 2.45) is 0 Å². The highest BCUT2D eigenvalue weighted by Crippen LogP contribution is 2.37. The molecule has 1 aliphatic heterocycles. The van der Waals surface area contributed by atoms with Crippen LogP contribution in [0.1, 0.15) is 37.7 Å². The first-order valence-corrected chi connectivity index (χ1v) is 6.82. The van der Waals surface area contributed by atoms with E-state index in [0.29, 0.717) is 25.5 Å². The van der Waals surface area contributed by atoms with Gasteiger partial charge in [-0.15, -0.1) is 0 Å². The Bertz CT molecular complexity index is 445. The van der Waals surface area contributed by atoms with Gasteiger partial charge in [0.2, 0.25) is 5.91 Å². The second-order valence-corrected chi connectivity index (χ2v) is 4.80. The molecule has 1 heterocycles.